The predicted molar refractivity (Wildman–Crippen MR) is 80.5 cm³/mol. The molecule has 0 bridgehead atoms. The molecule has 0 amide bonds. The van der Waals surface area contributed by atoms with Gasteiger partial charge in [-0.15, -0.1) is 0 Å². The summed E-state index contributed by atoms with van der Waals surface area (Å²) in [6.45, 7) is 0. The molecule has 0 spiro atoms. The van der Waals surface area contributed by atoms with Crippen LogP contribution in [0.5, 0.6) is 0 Å². The van der Waals surface area contributed by atoms with Gasteiger partial charge in [-0.2, -0.15) is 21.7 Å². The van der Waals surface area contributed by atoms with Crippen molar-refractivity contribution in [3.05, 3.63) is 29.8 Å². The van der Waals surface area contributed by atoms with E-state index in [0.717, 1.165) is 0 Å². The van der Waals surface area contributed by atoms with E-state index in [4.69, 9.17) is 10.4 Å². The number of carboxylic acids is 1. The van der Waals surface area contributed by atoms with Crippen LogP contribution < -0.4 is 4.72 Å². The van der Waals surface area contributed by atoms with Crippen molar-refractivity contribution in [1.29, 1.82) is 5.26 Å². The van der Waals surface area contributed by atoms with E-state index in [0.29, 0.717) is 11.3 Å². The fourth-order valence-corrected chi connectivity index (χ4v) is 3.30. The number of nitriles is 1. The van der Waals surface area contributed by atoms with Gasteiger partial charge in [-0.05, 0) is 36.1 Å². The van der Waals surface area contributed by atoms with Crippen LogP contribution in [0.1, 0.15) is 12.0 Å². The molecule has 0 aliphatic heterocycles. The first kappa shape index (κ1) is 17.5. The summed E-state index contributed by atoms with van der Waals surface area (Å²) in [4.78, 5) is 11.1. The first-order chi connectivity index (χ1) is 9.90. The number of carbonyl (C=O) groups is 1. The van der Waals surface area contributed by atoms with Crippen LogP contribution in [0.2, 0.25) is 0 Å². The molecular formula is C13H16N2O4S2. The molecule has 0 saturated heterocycles. The van der Waals surface area contributed by atoms with Gasteiger partial charge in [0.15, 0.2) is 0 Å². The number of hydrogen-bond donors (Lipinski definition) is 2. The van der Waals surface area contributed by atoms with E-state index in [1.807, 2.05) is 12.3 Å². The molecule has 1 aromatic rings. The standard InChI is InChI=1S/C13H16N2O4S2/c1-20-9-7-12(13(16)17)15-21(18,19)11-4-2-10(3-5-11)6-8-14/h2-5,12,15H,6-7,9H2,1H3,(H,16,17)/t12-/m1/s1. The fourth-order valence-electron chi connectivity index (χ4n) is 1.60. The molecule has 0 aliphatic carbocycles. The Labute approximate surface area is 128 Å². The number of nitrogens with one attached hydrogen (secondary N) is 1. The molecule has 0 aromatic heterocycles. The largest absolute Gasteiger partial charge is 0.480 e. The number of sulfonamides is 1. The smallest absolute Gasteiger partial charge is 0.321 e. The third-order valence-corrected chi connectivity index (χ3v) is 4.85. The number of benzene rings is 1. The highest BCUT2D eigenvalue weighted by Crippen LogP contribution is 2.13. The van der Waals surface area contributed by atoms with Gasteiger partial charge in [-0.1, -0.05) is 12.1 Å². The first-order valence-electron chi connectivity index (χ1n) is 6.10. The summed E-state index contributed by atoms with van der Waals surface area (Å²) >= 11 is 1.45. The second kappa shape index (κ2) is 8.02. The SMILES string of the molecule is CSCC[C@@H](NS(=O)(=O)c1ccc(CC#N)cc1)C(=O)O. The van der Waals surface area contributed by atoms with Crippen LogP contribution in [0.3, 0.4) is 0 Å². The Morgan fingerprint density at radius 3 is 2.52 bits per heavy atom. The van der Waals surface area contributed by atoms with Crippen molar-refractivity contribution >= 4 is 27.8 Å². The van der Waals surface area contributed by atoms with Crippen molar-refractivity contribution in [3.63, 3.8) is 0 Å². The van der Waals surface area contributed by atoms with Crippen LogP contribution in [-0.4, -0.2) is 37.5 Å². The Kier molecular flexibility index (Phi) is 6.68. The molecule has 1 rings (SSSR count). The third-order valence-electron chi connectivity index (χ3n) is 2.72. The predicted octanol–water partition coefficient (Wildman–Crippen LogP) is 1.24. The van der Waals surface area contributed by atoms with E-state index in [9.17, 15) is 13.2 Å². The molecule has 8 heteroatoms. The molecular weight excluding hydrogens is 312 g/mol. The maximum absolute atomic E-state index is 12.1. The summed E-state index contributed by atoms with van der Waals surface area (Å²) in [5.74, 6) is -0.658. The van der Waals surface area contributed by atoms with Gasteiger partial charge in [0.05, 0.1) is 17.4 Å². The highest BCUT2D eigenvalue weighted by Gasteiger charge is 2.24. The van der Waals surface area contributed by atoms with E-state index in [1.54, 1.807) is 0 Å². The molecule has 6 nitrogen and oxygen atoms in total. The maximum Gasteiger partial charge on any atom is 0.321 e. The van der Waals surface area contributed by atoms with E-state index in [1.165, 1.54) is 36.0 Å². The summed E-state index contributed by atoms with van der Waals surface area (Å²) < 4.78 is 26.5. The van der Waals surface area contributed by atoms with Crippen LogP contribution in [0.4, 0.5) is 0 Å². The Hall–Kier alpha value is -1.56. The third kappa shape index (κ3) is 5.38. The number of aliphatic carboxylic acids is 1. The van der Waals surface area contributed by atoms with E-state index < -0.39 is 22.0 Å². The van der Waals surface area contributed by atoms with Crippen LogP contribution in [0.15, 0.2) is 29.2 Å². The minimum atomic E-state index is -3.89. The highest BCUT2D eigenvalue weighted by molar-refractivity contribution is 7.98. The molecule has 0 saturated carbocycles. The molecule has 1 atom stereocenters. The summed E-state index contributed by atoms with van der Waals surface area (Å²) in [7, 11) is -3.89. The van der Waals surface area contributed by atoms with E-state index in [2.05, 4.69) is 4.72 Å². The van der Waals surface area contributed by atoms with Crippen molar-refractivity contribution in [2.24, 2.45) is 0 Å². The number of rotatable bonds is 8. The molecule has 0 heterocycles. The summed E-state index contributed by atoms with van der Waals surface area (Å²) in [5, 5.41) is 17.6. The van der Waals surface area contributed by atoms with Crippen molar-refractivity contribution in [3.8, 4) is 6.07 Å². The van der Waals surface area contributed by atoms with Crippen molar-refractivity contribution in [1.82, 2.24) is 4.72 Å². The second-order valence-corrected chi connectivity index (χ2v) is 6.97. The lowest BCUT2D eigenvalue weighted by Crippen LogP contribution is -2.41. The Morgan fingerprint density at radius 2 is 2.05 bits per heavy atom. The van der Waals surface area contributed by atoms with Crippen molar-refractivity contribution in [2.75, 3.05) is 12.0 Å². The zero-order chi connectivity index (χ0) is 15.9. The average Bonchev–Trinajstić information content (AvgIpc) is 2.44. The van der Waals surface area contributed by atoms with Crippen molar-refractivity contribution < 1.29 is 18.3 Å². The molecule has 0 radical (unpaired) electrons. The summed E-state index contributed by atoms with van der Waals surface area (Å²) in [6.07, 6.45) is 2.23. The molecule has 2 N–H and O–H groups in total. The van der Waals surface area contributed by atoms with Crippen LogP contribution >= 0.6 is 11.8 Å². The Bertz CT molecular complexity index is 621. The van der Waals surface area contributed by atoms with Gasteiger partial charge < -0.3 is 5.11 Å². The van der Waals surface area contributed by atoms with E-state index in [-0.39, 0.29) is 17.7 Å². The topological polar surface area (TPSA) is 107 Å². The van der Waals surface area contributed by atoms with E-state index >= 15 is 0 Å². The minimum Gasteiger partial charge on any atom is -0.480 e. The quantitative estimate of drug-likeness (QED) is 0.743. The molecule has 0 aliphatic rings. The lowest BCUT2D eigenvalue weighted by molar-refractivity contribution is -0.139. The van der Waals surface area contributed by atoms with Gasteiger partial charge in [-0.3, -0.25) is 4.79 Å². The van der Waals surface area contributed by atoms with Gasteiger partial charge in [0.2, 0.25) is 10.0 Å². The number of carboxylic acid groups (broad SMARTS) is 1. The molecule has 0 unspecified atom stereocenters. The molecule has 21 heavy (non-hydrogen) atoms. The zero-order valence-corrected chi connectivity index (χ0v) is 13.1. The lowest BCUT2D eigenvalue weighted by atomic mass is 10.2. The highest BCUT2D eigenvalue weighted by atomic mass is 32.2. The Balaban J connectivity index is 2.88. The summed E-state index contributed by atoms with van der Waals surface area (Å²) in [5.41, 5.74) is 0.702. The van der Waals surface area contributed by atoms with Gasteiger partial charge >= 0.3 is 5.97 Å². The monoisotopic (exact) mass is 328 g/mol. The normalized spacial score (nSPS) is 12.6. The number of thioether (sulfide) groups is 1. The van der Waals surface area contributed by atoms with Crippen LogP contribution in [0.25, 0.3) is 0 Å². The number of hydrogen-bond acceptors (Lipinski definition) is 5. The maximum atomic E-state index is 12.1. The molecule has 1 aromatic carbocycles. The zero-order valence-electron chi connectivity index (χ0n) is 11.4. The van der Waals surface area contributed by atoms with Gasteiger partial charge in [0.25, 0.3) is 0 Å². The van der Waals surface area contributed by atoms with Crippen LogP contribution in [-0.2, 0) is 21.2 Å². The molecule has 114 valence electrons. The van der Waals surface area contributed by atoms with Gasteiger partial charge in [-0.25, -0.2) is 8.42 Å². The van der Waals surface area contributed by atoms with Gasteiger partial charge in [0.1, 0.15) is 6.04 Å². The van der Waals surface area contributed by atoms with Crippen molar-refractivity contribution in [2.45, 2.75) is 23.8 Å². The molecule has 0 fully saturated rings. The average molecular weight is 328 g/mol. The second-order valence-electron chi connectivity index (χ2n) is 4.27. The number of nitrogens with zero attached hydrogens (tertiary/aromatic N) is 1. The first-order valence-corrected chi connectivity index (χ1v) is 8.98. The minimum absolute atomic E-state index is 0.0143. The van der Waals surface area contributed by atoms with Crippen LogP contribution in [0, 0.1) is 11.3 Å². The fraction of sp³-hybridized carbons (Fsp3) is 0.385. The van der Waals surface area contributed by atoms with Gasteiger partial charge in [0, 0.05) is 0 Å². The Morgan fingerprint density at radius 1 is 1.43 bits per heavy atom. The summed E-state index contributed by atoms with van der Waals surface area (Å²) in [6, 6.07) is 6.62. The lowest BCUT2D eigenvalue weighted by Gasteiger charge is -2.14.